The molecule has 2 N–H and O–H groups in total. The molecule has 1 heterocycles. The minimum absolute atomic E-state index is 0.139. The quantitative estimate of drug-likeness (QED) is 0.901. The number of carbonyl (C=O) groups excluding carboxylic acids is 1. The van der Waals surface area contributed by atoms with E-state index in [1.165, 1.54) is 11.3 Å². The van der Waals surface area contributed by atoms with Crippen LogP contribution in [0.2, 0.25) is 0 Å². The Labute approximate surface area is 116 Å². The van der Waals surface area contributed by atoms with Crippen LogP contribution in [-0.4, -0.2) is 17.6 Å². The summed E-state index contributed by atoms with van der Waals surface area (Å²) >= 11 is 1.39. The van der Waals surface area contributed by atoms with E-state index in [0.717, 1.165) is 16.7 Å². The van der Waals surface area contributed by atoms with Crippen LogP contribution < -0.4 is 5.32 Å². The van der Waals surface area contributed by atoms with Gasteiger partial charge in [0.05, 0.1) is 11.0 Å². The highest BCUT2D eigenvalue weighted by Crippen LogP contribution is 2.19. The highest BCUT2D eigenvalue weighted by molar-refractivity contribution is 7.12. The number of aliphatic hydroxyl groups is 1. The molecule has 1 aromatic heterocycles. The van der Waals surface area contributed by atoms with Crippen LogP contribution in [0.25, 0.3) is 0 Å². The summed E-state index contributed by atoms with van der Waals surface area (Å²) in [5.74, 6) is -0.139. The number of nitrogens with one attached hydrogen (secondary N) is 1. The molecule has 100 valence electrons. The minimum Gasteiger partial charge on any atom is -0.387 e. The Morgan fingerprint density at radius 2 is 2.16 bits per heavy atom. The smallest absolute Gasteiger partial charge is 0.261 e. The molecular formula is C15H17NO2S. The molecule has 0 bridgehead atoms. The normalized spacial score (nSPS) is 12.2. The molecule has 0 aliphatic rings. The Bertz CT molecular complexity index is 564. The van der Waals surface area contributed by atoms with Crippen molar-refractivity contribution < 1.29 is 9.90 Å². The van der Waals surface area contributed by atoms with E-state index in [0.29, 0.717) is 4.88 Å². The number of rotatable bonds is 4. The first-order chi connectivity index (χ1) is 9.08. The number of aliphatic hydroxyl groups excluding tert-OH is 1. The van der Waals surface area contributed by atoms with Crippen LogP contribution in [-0.2, 0) is 0 Å². The summed E-state index contributed by atoms with van der Waals surface area (Å²) in [5, 5.41) is 14.8. The van der Waals surface area contributed by atoms with Gasteiger partial charge in [-0.25, -0.2) is 0 Å². The summed E-state index contributed by atoms with van der Waals surface area (Å²) in [4.78, 5) is 12.4. The molecule has 2 aromatic rings. The second-order valence-electron chi connectivity index (χ2n) is 4.56. The van der Waals surface area contributed by atoms with E-state index in [4.69, 9.17) is 0 Å². The van der Waals surface area contributed by atoms with Crippen molar-refractivity contribution in [3.8, 4) is 0 Å². The molecule has 1 amide bonds. The molecule has 0 spiro atoms. The Hall–Kier alpha value is -1.65. The van der Waals surface area contributed by atoms with Crippen molar-refractivity contribution in [3.63, 3.8) is 0 Å². The van der Waals surface area contributed by atoms with E-state index in [1.54, 1.807) is 6.07 Å². The zero-order valence-electron chi connectivity index (χ0n) is 11.0. The third kappa shape index (κ3) is 3.43. The summed E-state index contributed by atoms with van der Waals surface area (Å²) in [5.41, 5.74) is 3.00. The van der Waals surface area contributed by atoms with E-state index in [9.17, 15) is 9.90 Å². The van der Waals surface area contributed by atoms with Gasteiger partial charge in [0.1, 0.15) is 0 Å². The van der Waals surface area contributed by atoms with Crippen LogP contribution in [0.15, 0.2) is 35.7 Å². The molecule has 1 unspecified atom stereocenters. The van der Waals surface area contributed by atoms with Crippen LogP contribution in [0, 0.1) is 13.8 Å². The van der Waals surface area contributed by atoms with Crippen LogP contribution >= 0.6 is 11.3 Å². The number of amides is 1. The summed E-state index contributed by atoms with van der Waals surface area (Å²) in [6.45, 7) is 4.17. The summed E-state index contributed by atoms with van der Waals surface area (Å²) < 4.78 is 0. The van der Waals surface area contributed by atoms with Crippen LogP contribution in [0.1, 0.15) is 32.5 Å². The van der Waals surface area contributed by atoms with Crippen molar-refractivity contribution in [1.29, 1.82) is 0 Å². The van der Waals surface area contributed by atoms with E-state index in [2.05, 4.69) is 5.32 Å². The standard InChI is InChI=1S/C15H17NO2S/c1-10-5-6-11(2)12(8-10)13(17)9-16-15(18)14-4-3-7-19-14/h3-8,13,17H,9H2,1-2H3,(H,16,18). The zero-order chi connectivity index (χ0) is 13.8. The number of aryl methyl sites for hydroxylation is 2. The molecule has 0 saturated carbocycles. The highest BCUT2D eigenvalue weighted by atomic mass is 32.1. The van der Waals surface area contributed by atoms with Gasteiger partial charge in [0, 0.05) is 6.54 Å². The van der Waals surface area contributed by atoms with Gasteiger partial charge in [-0.3, -0.25) is 4.79 Å². The topological polar surface area (TPSA) is 49.3 Å². The van der Waals surface area contributed by atoms with Crippen LogP contribution in [0.5, 0.6) is 0 Å². The SMILES string of the molecule is Cc1ccc(C)c(C(O)CNC(=O)c2cccs2)c1. The van der Waals surface area contributed by atoms with E-state index in [-0.39, 0.29) is 12.5 Å². The monoisotopic (exact) mass is 275 g/mol. The van der Waals surface area contributed by atoms with Gasteiger partial charge >= 0.3 is 0 Å². The molecule has 0 fully saturated rings. The predicted molar refractivity (Wildman–Crippen MR) is 77.5 cm³/mol. The highest BCUT2D eigenvalue weighted by Gasteiger charge is 2.13. The summed E-state index contributed by atoms with van der Waals surface area (Å²) in [6.07, 6.45) is -0.677. The molecule has 1 atom stereocenters. The van der Waals surface area contributed by atoms with Crippen molar-refractivity contribution in [2.75, 3.05) is 6.54 Å². The maximum atomic E-state index is 11.8. The lowest BCUT2D eigenvalue weighted by Crippen LogP contribution is -2.28. The van der Waals surface area contributed by atoms with Gasteiger partial charge in [-0.05, 0) is 36.4 Å². The lowest BCUT2D eigenvalue weighted by Gasteiger charge is -2.15. The Morgan fingerprint density at radius 3 is 2.84 bits per heavy atom. The molecular weight excluding hydrogens is 258 g/mol. The average Bonchev–Trinajstić information content (AvgIpc) is 2.92. The van der Waals surface area contributed by atoms with Gasteiger partial charge in [-0.15, -0.1) is 11.3 Å². The first kappa shape index (κ1) is 13.8. The molecule has 3 nitrogen and oxygen atoms in total. The second kappa shape index (κ2) is 5.99. The number of hydrogen-bond donors (Lipinski definition) is 2. The predicted octanol–water partition coefficient (Wildman–Crippen LogP) is 2.83. The number of benzene rings is 1. The largest absolute Gasteiger partial charge is 0.387 e. The molecule has 1 aromatic carbocycles. The third-order valence-corrected chi connectivity index (χ3v) is 3.86. The Balaban J connectivity index is 1.99. The zero-order valence-corrected chi connectivity index (χ0v) is 11.8. The molecule has 2 rings (SSSR count). The minimum atomic E-state index is -0.677. The van der Waals surface area contributed by atoms with Crippen molar-refractivity contribution >= 4 is 17.2 Å². The number of hydrogen-bond acceptors (Lipinski definition) is 3. The number of carbonyl (C=O) groups is 1. The lowest BCUT2D eigenvalue weighted by atomic mass is 10.0. The maximum Gasteiger partial charge on any atom is 0.261 e. The average molecular weight is 275 g/mol. The second-order valence-corrected chi connectivity index (χ2v) is 5.51. The first-order valence-corrected chi connectivity index (χ1v) is 7.03. The Kier molecular flexibility index (Phi) is 4.35. The van der Waals surface area contributed by atoms with Gasteiger partial charge in [-0.2, -0.15) is 0 Å². The fraction of sp³-hybridized carbons (Fsp3) is 0.267. The van der Waals surface area contributed by atoms with Gasteiger partial charge < -0.3 is 10.4 Å². The third-order valence-electron chi connectivity index (χ3n) is 2.99. The lowest BCUT2D eigenvalue weighted by molar-refractivity contribution is 0.0920. The van der Waals surface area contributed by atoms with Crippen molar-refractivity contribution in [3.05, 3.63) is 57.3 Å². The fourth-order valence-electron chi connectivity index (χ4n) is 1.91. The van der Waals surface area contributed by atoms with Crippen LogP contribution in [0.3, 0.4) is 0 Å². The maximum absolute atomic E-state index is 11.8. The summed E-state index contributed by atoms with van der Waals surface area (Å²) in [7, 11) is 0. The van der Waals surface area contributed by atoms with Gasteiger partial charge in [0.25, 0.3) is 5.91 Å². The molecule has 19 heavy (non-hydrogen) atoms. The van der Waals surface area contributed by atoms with Crippen molar-refractivity contribution in [2.24, 2.45) is 0 Å². The van der Waals surface area contributed by atoms with Gasteiger partial charge in [0.2, 0.25) is 0 Å². The fourth-order valence-corrected chi connectivity index (χ4v) is 2.55. The van der Waals surface area contributed by atoms with Crippen molar-refractivity contribution in [2.45, 2.75) is 20.0 Å². The van der Waals surface area contributed by atoms with Gasteiger partial charge in [-0.1, -0.05) is 29.8 Å². The molecule has 0 radical (unpaired) electrons. The molecule has 0 saturated heterocycles. The van der Waals surface area contributed by atoms with Crippen molar-refractivity contribution in [1.82, 2.24) is 5.32 Å². The number of thiophene rings is 1. The molecule has 0 aliphatic heterocycles. The molecule has 0 aliphatic carbocycles. The summed E-state index contributed by atoms with van der Waals surface area (Å²) in [6, 6.07) is 9.55. The van der Waals surface area contributed by atoms with E-state index < -0.39 is 6.10 Å². The molecule has 4 heteroatoms. The van der Waals surface area contributed by atoms with Gasteiger partial charge in [0.15, 0.2) is 0 Å². The van der Waals surface area contributed by atoms with E-state index in [1.807, 2.05) is 43.5 Å². The first-order valence-electron chi connectivity index (χ1n) is 6.15. The van der Waals surface area contributed by atoms with Crippen LogP contribution in [0.4, 0.5) is 0 Å². The Morgan fingerprint density at radius 1 is 1.37 bits per heavy atom. The van der Waals surface area contributed by atoms with E-state index >= 15 is 0 Å².